The summed E-state index contributed by atoms with van der Waals surface area (Å²) in [5, 5.41) is 6.28. The van der Waals surface area contributed by atoms with Gasteiger partial charge in [-0.3, -0.25) is 14.5 Å². The van der Waals surface area contributed by atoms with Crippen molar-refractivity contribution in [2.45, 2.75) is 21.8 Å². The van der Waals surface area contributed by atoms with E-state index in [4.69, 9.17) is 16.3 Å². The van der Waals surface area contributed by atoms with Crippen LogP contribution in [0.5, 0.6) is 5.75 Å². The second-order valence-corrected chi connectivity index (χ2v) is 9.47. The first-order valence-electron chi connectivity index (χ1n) is 10.6. The van der Waals surface area contributed by atoms with Gasteiger partial charge in [0.1, 0.15) is 12.3 Å². The summed E-state index contributed by atoms with van der Waals surface area (Å²) in [5.74, 6) is -0.362. The number of fused-ring (bicyclic) bond motifs is 2. The number of nitrogens with zero attached hydrogens (tertiary/aromatic N) is 1. The summed E-state index contributed by atoms with van der Waals surface area (Å²) in [6.45, 7) is -0.103. The number of rotatable bonds is 5. The Morgan fingerprint density at radius 2 is 1.79 bits per heavy atom. The van der Waals surface area contributed by atoms with E-state index in [0.29, 0.717) is 35.1 Å². The summed E-state index contributed by atoms with van der Waals surface area (Å²) in [4.78, 5) is 41.8. The molecular formula is C25H20ClN3O4S. The number of carbonyl (C=O) groups is 3. The maximum Gasteiger partial charge on any atom is 0.325 e. The van der Waals surface area contributed by atoms with Crippen LogP contribution < -0.4 is 15.4 Å². The lowest BCUT2D eigenvalue weighted by atomic mass is 9.84. The molecule has 4 amide bonds. The van der Waals surface area contributed by atoms with E-state index in [1.165, 1.54) is 11.8 Å². The van der Waals surface area contributed by atoms with Crippen molar-refractivity contribution in [3.8, 4) is 5.75 Å². The first-order valence-corrected chi connectivity index (χ1v) is 11.8. The van der Waals surface area contributed by atoms with Gasteiger partial charge in [0.25, 0.3) is 5.91 Å². The van der Waals surface area contributed by atoms with E-state index in [-0.39, 0.29) is 0 Å². The number of para-hydroxylation sites is 2. The molecule has 2 aliphatic heterocycles. The van der Waals surface area contributed by atoms with Crippen molar-refractivity contribution in [1.29, 1.82) is 0 Å². The Kier molecular flexibility index (Phi) is 5.93. The molecule has 3 aromatic carbocycles. The molecule has 172 valence electrons. The second-order valence-electron chi connectivity index (χ2n) is 7.92. The Morgan fingerprint density at radius 1 is 1.06 bits per heavy atom. The molecule has 34 heavy (non-hydrogen) atoms. The Balaban J connectivity index is 1.32. The molecule has 1 unspecified atom stereocenters. The average molecular weight is 494 g/mol. The molecule has 0 aromatic heterocycles. The van der Waals surface area contributed by atoms with Crippen LogP contribution in [0.4, 0.5) is 10.5 Å². The summed E-state index contributed by atoms with van der Waals surface area (Å²) in [6, 6.07) is 21.3. The van der Waals surface area contributed by atoms with Crippen LogP contribution in [0.3, 0.4) is 0 Å². The molecule has 1 saturated heterocycles. The molecule has 0 radical (unpaired) electrons. The fraction of sp³-hybridized carbons (Fsp3) is 0.160. The minimum atomic E-state index is -1.21. The molecule has 2 N–H and O–H groups in total. The van der Waals surface area contributed by atoms with E-state index in [2.05, 4.69) is 10.6 Å². The minimum absolute atomic E-state index is 0.290. The Labute approximate surface area is 205 Å². The number of benzene rings is 3. The van der Waals surface area contributed by atoms with Crippen LogP contribution >= 0.6 is 23.4 Å². The normalized spacial score (nSPS) is 18.9. The van der Waals surface area contributed by atoms with Gasteiger partial charge in [-0.15, -0.1) is 0 Å². The van der Waals surface area contributed by atoms with Crippen LogP contribution in [0.2, 0.25) is 5.02 Å². The first-order chi connectivity index (χ1) is 16.5. The molecule has 0 saturated carbocycles. The van der Waals surface area contributed by atoms with E-state index >= 15 is 0 Å². The molecular weight excluding hydrogens is 474 g/mol. The fourth-order valence-electron chi connectivity index (χ4n) is 4.14. The first kappa shape index (κ1) is 22.3. The SMILES string of the molecule is O=C(CN1C(=O)NC2(CCOc3ccccc32)C1=O)Nc1ccccc1Sc1ccc(Cl)cc1. The monoisotopic (exact) mass is 493 g/mol. The molecule has 9 heteroatoms. The highest BCUT2D eigenvalue weighted by Crippen LogP contribution is 2.41. The third-order valence-corrected chi connectivity index (χ3v) is 7.10. The average Bonchev–Trinajstić information content (AvgIpc) is 3.06. The van der Waals surface area contributed by atoms with Crippen LogP contribution in [0.25, 0.3) is 0 Å². The smallest absolute Gasteiger partial charge is 0.325 e. The van der Waals surface area contributed by atoms with Crippen LogP contribution in [-0.4, -0.2) is 35.9 Å². The van der Waals surface area contributed by atoms with Crippen LogP contribution in [-0.2, 0) is 15.1 Å². The molecule has 0 aliphatic carbocycles. The van der Waals surface area contributed by atoms with Gasteiger partial charge in [0.15, 0.2) is 5.54 Å². The molecule has 1 spiro atoms. The van der Waals surface area contributed by atoms with Crippen LogP contribution in [0.1, 0.15) is 12.0 Å². The maximum atomic E-state index is 13.4. The van der Waals surface area contributed by atoms with Crippen molar-refractivity contribution in [3.63, 3.8) is 0 Å². The minimum Gasteiger partial charge on any atom is -0.493 e. The third kappa shape index (κ3) is 4.10. The van der Waals surface area contributed by atoms with Gasteiger partial charge >= 0.3 is 6.03 Å². The van der Waals surface area contributed by atoms with Gasteiger partial charge in [-0.1, -0.05) is 53.7 Å². The van der Waals surface area contributed by atoms with Crippen LogP contribution in [0.15, 0.2) is 82.6 Å². The number of imide groups is 1. The molecule has 0 bridgehead atoms. The molecule has 1 atom stereocenters. The zero-order valence-corrected chi connectivity index (χ0v) is 19.5. The summed E-state index contributed by atoms with van der Waals surface area (Å²) in [7, 11) is 0. The van der Waals surface area contributed by atoms with E-state index in [0.717, 1.165) is 14.7 Å². The Morgan fingerprint density at radius 3 is 2.62 bits per heavy atom. The standard InChI is InChI=1S/C25H20ClN3O4S/c26-16-9-11-17(12-10-16)34-21-8-4-2-6-19(21)27-22(30)15-29-23(31)25(28-24(29)32)13-14-33-20-7-3-1-5-18(20)25/h1-12H,13-15H2,(H,27,30)(H,28,32). The molecule has 7 nitrogen and oxygen atoms in total. The van der Waals surface area contributed by atoms with Gasteiger partial charge in [0, 0.05) is 26.8 Å². The largest absolute Gasteiger partial charge is 0.493 e. The van der Waals surface area contributed by atoms with E-state index in [1.54, 1.807) is 36.4 Å². The Hall–Kier alpha value is -3.49. The van der Waals surface area contributed by atoms with Crippen molar-refractivity contribution in [2.75, 3.05) is 18.5 Å². The number of anilines is 1. The van der Waals surface area contributed by atoms with E-state index in [9.17, 15) is 14.4 Å². The van der Waals surface area contributed by atoms with E-state index in [1.807, 2.05) is 36.4 Å². The molecule has 1 fully saturated rings. The van der Waals surface area contributed by atoms with Gasteiger partial charge in [-0.2, -0.15) is 0 Å². The fourth-order valence-corrected chi connectivity index (χ4v) is 5.17. The van der Waals surface area contributed by atoms with E-state index < -0.39 is 29.9 Å². The van der Waals surface area contributed by atoms with Gasteiger partial charge in [-0.05, 0) is 42.5 Å². The number of halogens is 1. The molecule has 2 heterocycles. The summed E-state index contributed by atoms with van der Waals surface area (Å²) in [6.07, 6.45) is 0.299. The predicted molar refractivity (Wildman–Crippen MR) is 129 cm³/mol. The third-order valence-electron chi connectivity index (χ3n) is 5.76. The van der Waals surface area contributed by atoms with Gasteiger partial charge in [-0.25, -0.2) is 4.79 Å². The van der Waals surface area contributed by atoms with Crippen molar-refractivity contribution < 1.29 is 19.1 Å². The molecule has 5 rings (SSSR count). The molecule has 2 aliphatic rings. The lowest BCUT2D eigenvalue weighted by molar-refractivity contribution is -0.135. The van der Waals surface area contributed by atoms with Crippen molar-refractivity contribution >= 4 is 46.9 Å². The van der Waals surface area contributed by atoms with Gasteiger partial charge in [0.2, 0.25) is 5.91 Å². The van der Waals surface area contributed by atoms with Gasteiger partial charge in [0.05, 0.1) is 12.3 Å². The summed E-state index contributed by atoms with van der Waals surface area (Å²) >= 11 is 7.43. The number of urea groups is 1. The number of ether oxygens (including phenoxy) is 1. The summed E-state index contributed by atoms with van der Waals surface area (Å²) in [5.41, 5.74) is -0.0213. The topological polar surface area (TPSA) is 87.7 Å². The summed E-state index contributed by atoms with van der Waals surface area (Å²) < 4.78 is 5.65. The lowest BCUT2D eigenvalue weighted by Gasteiger charge is -2.33. The van der Waals surface area contributed by atoms with Crippen molar-refractivity contribution in [1.82, 2.24) is 10.2 Å². The number of amides is 4. The maximum absolute atomic E-state index is 13.4. The highest BCUT2D eigenvalue weighted by molar-refractivity contribution is 7.99. The quantitative estimate of drug-likeness (QED) is 0.505. The zero-order chi connectivity index (χ0) is 23.7. The van der Waals surface area contributed by atoms with Gasteiger partial charge < -0.3 is 15.4 Å². The zero-order valence-electron chi connectivity index (χ0n) is 17.9. The molecule has 3 aromatic rings. The number of hydrogen-bond donors (Lipinski definition) is 2. The van der Waals surface area contributed by atoms with Crippen molar-refractivity contribution in [3.05, 3.63) is 83.4 Å². The van der Waals surface area contributed by atoms with Crippen LogP contribution in [0, 0.1) is 0 Å². The highest BCUT2D eigenvalue weighted by Gasteiger charge is 2.55. The number of nitrogens with one attached hydrogen (secondary N) is 2. The highest BCUT2D eigenvalue weighted by atomic mass is 35.5. The lowest BCUT2D eigenvalue weighted by Crippen LogP contribution is -2.48. The number of hydrogen-bond acceptors (Lipinski definition) is 5. The predicted octanol–water partition coefficient (Wildman–Crippen LogP) is 4.66. The Bertz CT molecular complexity index is 1280. The second kappa shape index (κ2) is 9.04. The van der Waals surface area contributed by atoms with Crippen molar-refractivity contribution in [2.24, 2.45) is 0 Å². The number of carbonyl (C=O) groups excluding carboxylic acids is 3.